The van der Waals surface area contributed by atoms with Gasteiger partial charge in [-0.1, -0.05) is 27.7 Å². The molecule has 0 radical (unpaired) electrons. The number of amides is 1. The highest BCUT2D eigenvalue weighted by Gasteiger charge is 2.28. The van der Waals surface area contributed by atoms with Crippen LogP contribution < -0.4 is 10.6 Å². The van der Waals surface area contributed by atoms with Crippen molar-refractivity contribution in [1.82, 2.24) is 10.6 Å². The zero-order valence-electron chi connectivity index (χ0n) is 10.6. The molecule has 15 heavy (non-hydrogen) atoms. The fourth-order valence-electron chi connectivity index (χ4n) is 2.37. The van der Waals surface area contributed by atoms with Crippen LogP contribution in [0.3, 0.4) is 0 Å². The van der Waals surface area contributed by atoms with Gasteiger partial charge in [-0.3, -0.25) is 10.1 Å². The first kappa shape index (κ1) is 12.5. The minimum atomic E-state index is -0.0307. The molecule has 1 rings (SSSR count). The molecule has 2 N–H and O–H groups in total. The zero-order valence-corrected chi connectivity index (χ0v) is 10.6. The first-order chi connectivity index (χ1) is 6.78. The predicted octanol–water partition coefficient (Wildman–Crippen LogP) is 1.88. The van der Waals surface area contributed by atoms with Crippen LogP contribution in [0.5, 0.6) is 0 Å². The van der Waals surface area contributed by atoms with Gasteiger partial charge in [0.25, 0.3) is 0 Å². The minimum absolute atomic E-state index is 0.0307. The fraction of sp³-hybridized carbons (Fsp3) is 0.917. The molecule has 0 aromatic carbocycles. The van der Waals surface area contributed by atoms with Gasteiger partial charge in [0, 0.05) is 0 Å². The lowest BCUT2D eigenvalue weighted by Crippen LogP contribution is -2.35. The Hall–Kier alpha value is -0.570. The molecule has 1 amide bonds. The topological polar surface area (TPSA) is 41.1 Å². The molecule has 1 fully saturated rings. The van der Waals surface area contributed by atoms with Crippen molar-refractivity contribution in [2.45, 2.75) is 59.7 Å². The van der Waals surface area contributed by atoms with Crippen LogP contribution in [0.15, 0.2) is 0 Å². The van der Waals surface area contributed by atoms with Crippen molar-refractivity contribution in [3.05, 3.63) is 0 Å². The summed E-state index contributed by atoms with van der Waals surface area (Å²) in [7, 11) is 0. The number of carbonyl (C=O) groups is 1. The smallest absolute Gasteiger partial charge is 0.238 e. The summed E-state index contributed by atoms with van der Waals surface area (Å²) >= 11 is 0. The summed E-state index contributed by atoms with van der Waals surface area (Å²) in [4.78, 5) is 11.3. The van der Waals surface area contributed by atoms with Crippen molar-refractivity contribution in [2.75, 3.05) is 0 Å². The highest BCUT2D eigenvalue weighted by molar-refractivity contribution is 5.83. The van der Waals surface area contributed by atoms with E-state index in [0.717, 1.165) is 6.42 Å². The molecule has 3 nitrogen and oxygen atoms in total. The SMILES string of the molecule is CC(CC1NC(=O)[C@H](C)N1)CC(C)(C)C. The van der Waals surface area contributed by atoms with Crippen molar-refractivity contribution in [3.8, 4) is 0 Å². The Morgan fingerprint density at radius 1 is 1.40 bits per heavy atom. The molecular weight excluding hydrogens is 188 g/mol. The highest BCUT2D eigenvalue weighted by atomic mass is 16.2. The van der Waals surface area contributed by atoms with Crippen LogP contribution in [0.25, 0.3) is 0 Å². The largest absolute Gasteiger partial charge is 0.339 e. The minimum Gasteiger partial charge on any atom is -0.339 e. The summed E-state index contributed by atoms with van der Waals surface area (Å²) in [5.41, 5.74) is 0.369. The Balaban J connectivity index is 2.33. The van der Waals surface area contributed by atoms with Gasteiger partial charge in [0.05, 0.1) is 12.2 Å². The molecule has 88 valence electrons. The van der Waals surface area contributed by atoms with E-state index >= 15 is 0 Å². The summed E-state index contributed by atoms with van der Waals surface area (Å²) < 4.78 is 0. The van der Waals surface area contributed by atoms with Gasteiger partial charge >= 0.3 is 0 Å². The maximum Gasteiger partial charge on any atom is 0.238 e. The molecule has 1 saturated heterocycles. The van der Waals surface area contributed by atoms with Gasteiger partial charge in [-0.05, 0) is 31.1 Å². The molecule has 1 heterocycles. The number of nitrogens with one attached hydrogen (secondary N) is 2. The van der Waals surface area contributed by atoms with Crippen LogP contribution in [0.4, 0.5) is 0 Å². The van der Waals surface area contributed by atoms with Crippen LogP contribution >= 0.6 is 0 Å². The van der Waals surface area contributed by atoms with Crippen molar-refractivity contribution in [1.29, 1.82) is 0 Å². The molecule has 0 aromatic rings. The van der Waals surface area contributed by atoms with Crippen LogP contribution in [0.2, 0.25) is 0 Å². The third kappa shape index (κ3) is 4.20. The Labute approximate surface area is 93.0 Å². The fourth-order valence-corrected chi connectivity index (χ4v) is 2.37. The van der Waals surface area contributed by atoms with E-state index in [1.165, 1.54) is 6.42 Å². The lowest BCUT2D eigenvalue weighted by molar-refractivity contribution is -0.120. The van der Waals surface area contributed by atoms with Crippen LogP contribution in [-0.2, 0) is 4.79 Å². The highest BCUT2D eigenvalue weighted by Crippen LogP contribution is 2.26. The lowest BCUT2D eigenvalue weighted by atomic mass is 9.84. The maximum atomic E-state index is 11.3. The summed E-state index contributed by atoms with van der Waals surface area (Å²) in [5, 5.41) is 6.23. The second-order valence-electron chi connectivity index (χ2n) is 6.06. The Kier molecular flexibility index (Phi) is 3.77. The average molecular weight is 212 g/mol. The molecule has 3 heteroatoms. The number of hydrogen-bond donors (Lipinski definition) is 2. The summed E-state index contributed by atoms with van der Waals surface area (Å²) in [5.74, 6) is 0.760. The lowest BCUT2D eigenvalue weighted by Gasteiger charge is -2.25. The average Bonchev–Trinajstić information content (AvgIpc) is 2.26. The maximum absolute atomic E-state index is 11.3. The van der Waals surface area contributed by atoms with Gasteiger partial charge < -0.3 is 5.32 Å². The van der Waals surface area contributed by atoms with Gasteiger partial charge in [0.1, 0.15) is 0 Å². The molecule has 0 aliphatic carbocycles. The molecule has 1 aliphatic heterocycles. The van der Waals surface area contributed by atoms with E-state index in [9.17, 15) is 4.79 Å². The molecule has 0 bridgehead atoms. The standard InChI is InChI=1S/C12H24N2O/c1-8(7-12(3,4)5)6-10-13-9(2)11(15)14-10/h8-10,13H,6-7H2,1-5H3,(H,14,15)/t8?,9-,10?/m0/s1. The van der Waals surface area contributed by atoms with Gasteiger partial charge in [0.2, 0.25) is 5.91 Å². The first-order valence-corrected chi connectivity index (χ1v) is 5.84. The van der Waals surface area contributed by atoms with Gasteiger partial charge in [-0.15, -0.1) is 0 Å². The number of hydrogen-bond acceptors (Lipinski definition) is 2. The Bertz CT molecular complexity index is 232. The predicted molar refractivity (Wildman–Crippen MR) is 62.4 cm³/mol. The monoisotopic (exact) mass is 212 g/mol. The molecule has 2 unspecified atom stereocenters. The number of rotatable bonds is 3. The molecular formula is C12H24N2O. The normalized spacial score (nSPS) is 29.0. The van der Waals surface area contributed by atoms with E-state index in [4.69, 9.17) is 0 Å². The van der Waals surface area contributed by atoms with E-state index in [2.05, 4.69) is 38.3 Å². The van der Waals surface area contributed by atoms with E-state index < -0.39 is 0 Å². The Morgan fingerprint density at radius 3 is 2.40 bits per heavy atom. The van der Waals surface area contributed by atoms with E-state index in [1.54, 1.807) is 0 Å². The van der Waals surface area contributed by atoms with E-state index in [1.807, 2.05) is 6.92 Å². The van der Waals surface area contributed by atoms with Crippen molar-refractivity contribution in [2.24, 2.45) is 11.3 Å². The van der Waals surface area contributed by atoms with E-state index in [0.29, 0.717) is 11.3 Å². The van der Waals surface area contributed by atoms with Crippen molar-refractivity contribution in [3.63, 3.8) is 0 Å². The van der Waals surface area contributed by atoms with Gasteiger partial charge in [0.15, 0.2) is 0 Å². The second-order valence-corrected chi connectivity index (χ2v) is 6.06. The molecule has 0 spiro atoms. The zero-order chi connectivity index (χ0) is 11.6. The molecule has 0 aromatic heterocycles. The van der Waals surface area contributed by atoms with Gasteiger partial charge in [-0.2, -0.15) is 0 Å². The summed E-state index contributed by atoms with van der Waals surface area (Å²) in [6.07, 6.45) is 2.38. The quantitative estimate of drug-likeness (QED) is 0.750. The van der Waals surface area contributed by atoms with Crippen molar-refractivity contribution < 1.29 is 4.79 Å². The van der Waals surface area contributed by atoms with Crippen LogP contribution in [-0.4, -0.2) is 18.1 Å². The van der Waals surface area contributed by atoms with Crippen LogP contribution in [0.1, 0.15) is 47.5 Å². The second kappa shape index (κ2) is 4.52. The molecule has 0 saturated carbocycles. The van der Waals surface area contributed by atoms with E-state index in [-0.39, 0.29) is 18.1 Å². The van der Waals surface area contributed by atoms with Crippen molar-refractivity contribution >= 4 is 5.91 Å². The first-order valence-electron chi connectivity index (χ1n) is 5.84. The van der Waals surface area contributed by atoms with Gasteiger partial charge in [-0.25, -0.2) is 0 Å². The summed E-state index contributed by atoms with van der Waals surface area (Å²) in [6, 6.07) is -0.0307. The Morgan fingerprint density at radius 2 is 2.00 bits per heavy atom. The molecule has 1 aliphatic rings. The number of carbonyl (C=O) groups excluding carboxylic acids is 1. The third-order valence-electron chi connectivity index (χ3n) is 2.76. The van der Waals surface area contributed by atoms with Crippen LogP contribution in [0, 0.1) is 11.3 Å². The third-order valence-corrected chi connectivity index (χ3v) is 2.76. The molecule has 3 atom stereocenters. The summed E-state index contributed by atoms with van der Waals surface area (Å²) in [6.45, 7) is 10.9.